The van der Waals surface area contributed by atoms with Crippen molar-refractivity contribution in [2.45, 2.75) is 18.9 Å². The molecule has 1 aromatic heterocycles. The maximum absolute atomic E-state index is 12.8. The highest BCUT2D eigenvalue weighted by atomic mass is 16.1. The van der Waals surface area contributed by atoms with Crippen LogP contribution in [0.15, 0.2) is 54.6 Å². The van der Waals surface area contributed by atoms with Gasteiger partial charge in [0.2, 0.25) is 0 Å². The summed E-state index contributed by atoms with van der Waals surface area (Å²) in [5, 5.41) is 18.1. The van der Waals surface area contributed by atoms with Crippen molar-refractivity contribution >= 4 is 5.91 Å². The van der Waals surface area contributed by atoms with E-state index >= 15 is 0 Å². The maximum Gasteiger partial charge on any atom is 0.251 e. The van der Waals surface area contributed by atoms with Gasteiger partial charge in [0.05, 0.1) is 12.2 Å². The predicted molar refractivity (Wildman–Crippen MR) is 97.0 cm³/mol. The molecule has 0 spiro atoms. The number of hydrogen-bond acceptors (Lipinski definition) is 5. The van der Waals surface area contributed by atoms with Crippen molar-refractivity contribution in [1.82, 2.24) is 30.8 Å². The normalized spacial score (nSPS) is 16.5. The van der Waals surface area contributed by atoms with Gasteiger partial charge < -0.3 is 10.6 Å². The predicted octanol–water partition coefficient (Wildman–Crippen LogP) is 1.67. The van der Waals surface area contributed by atoms with E-state index in [1.54, 1.807) is 4.68 Å². The van der Waals surface area contributed by atoms with E-state index in [2.05, 4.69) is 26.2 Å². The van der Waals surface area contributed by atoms with E-state index in [9.17, 15) is 4.79 Å². The number of carbonyl (C=O) groups excluding carboxylic acids is 1. The quantitative estimate of drug-likeness (QED) is 0.733. The number of para-hydroxylation sites is 1. The van der Waals surface area contributed by atoms with Gasteiger partial charge in [-0.3, -0.25) is 4.79 Å². The van der Waals surface area contributed by atoms with Gasteiger partial charge in [-0.2, -0.15) is 4.68 Å². The molecule has 26 heavy (non-hydrogen) atoms. The zero-order valence-electron chi connectivity index (χ0n) is 14.3. The molecule has 2 aromatic carbocycles. The van der Waals surface area contributed by atoms with Crippen LogP contribution in [0.4, 0.5) is 0 Å². The molecule has 132 valence electrons. The molecule has 1 aliphatic heterocycles. The molecule has 1 aliphatic rings. The van der Waals surface area contributed by atoms with Gasteiger partial charge in [-0.25, -0.2) is 0 Å². The standard InChI is InChI=1S/C19H20N6O/c26-19(17-9-5-4-8-16(17)14-10-11-20-12-14)21-13-18-22-23-24-25(18)15-6-2-1-3-7-15/h1-9,14,20H,10-13H2,(H,21,26)/t14-/m1/s1. The van der Waals surface area contributed by atoms with Crippen molar-refractivity contribution in [1.29, 1.82) is 0 Å². The summed E-state index contributed by atoms with van der Waals surface area (Å²) in [5.41, 5.74) is 2.68. The number of benzene rings is 2. The van der Waals surface area contributed by atoms with E-state index in [0.717, 1.165) is 36.3 Å². The Bertz CT molecular complexity index is 886. The molecule has 3 aromatic rings. The van der Waals surface area contributed by atoms with E-state index < -0.39 is 0 Å². The van der Waals surface area contributed by atoms with Crippen LogP contribution < -0.4 is 10.6 Å². The lowest BCUT2D eigenvalue weighted by molar-refractivity contribution is 0.0948. The molecule has 7 nitrogen and oxygen atoms in total. The first-order chi connectivity index (χ1) is 12.8. The minimum absolute atomic E-state index is 0.102. The SMILES string of the molecule is O=C(NCc1nnnn1-c1ccccc1)c1ccccc1[C@@H]1CCNC1. The molecule has 0 aliphatic carbocycles. The van der Waals surface area contributed by atoms with E-state index in [-0.39, 0.29) is 12.5 Å². The molecule has 2 N–H and O–H groups in total. The Balaban J connectivity index is 1.50. The van der Waals surface area contributed by atoms with Crippen molar-refractivity contribution in [3.05, 3.63) is 71.5 Å². The summed E-state index contributed by atoms with van der Waals surface area (Å²) >= 11 is 0. The van der Waals surface area contributed by atoms with Crippen molar-refractivity contribution in [3.63, 3.8) is 0 Å². The molecule has 2 heterocycles. The summed E-state index contributed by atoms with van der Waals surface area (Å²) in [6.45, 7) is 2.17. The van der Waals surface area contributed by atoms with Crippen LogP contribution in [-0.2, 0) is 6.54 Å². The first-order valence-electron chi connectivity index (χ1n) is 8.73. The number of hydrogen-bond donors (Lipinski definition) is 2. The van der Waals surface area contributed by atoms with Gasteiger partial charge in [-0.1, -0.05) is 36.4 Å². The molecule has 1 saturated heterocycles. The highest BCUT2D eigenvalue weighted by Crippen LogP contribution is 2.25. The van der Waals surface area contributed by atoms with Gasteiger partial charge in [0.1, 0.15) is 0 Å². The van der Waals surface area contributed by atoms with Crippen LogP contribution in [0.25, 0.3) is 5.69 Å². The second-order valence-electron chi connectivity index (χ2n) is 6.30. The van der Waals surface area contributed by atoms with Gasteiger partial charge >= 0.3 is 0 Å². The summed E-state index contributed by atoms with van der Waals surface area (Å²) < 4.78 is 1.63. The van der Waals surface area contributed by atoms with Gasteiger partial charge in [-0.05, 0) is 53.1 Å². The van der Waals surface area contributed by atoms with Gasteiger partial charge in [0.25, 0.3) is 5.91 Å². The fourth-order valence-corrected chi connectivity index (χ4v) is 3.32. The Morgan fingerprint density at radius 2 is 1.96 bits per heavy atom. The third kappa shape index (κ3) is 3.34. The Hall–Kier alpha value is -3.06. The highest BCUT2D eigenvalue weighted by Gasteiger charge is 2.22. The topological polar surface area (TPSA) is 84.7 Å². The number of nitrogens with zero attached hydrogens (tertiary/aromatic N) is 4. The molecule has 4 rings (SSSR count). The lowest BCUT2D eigenvalue weighted by Crippen LogP contribution is -2.26. The monoisotopic (exact) mass is 348 g/mol. The van der Waals surface area contributed by atoms with Gasteiger partial charge in [0.15, 0.2) is 5.82 Å². The third-order valence-electron chi connectivity index (χ3n) is 4.65. The van der Waals surface area contributed by atoms with Crippen molar-refractivity contribution in [3.8, 4) is 5.69 Å². The van der Waals surface area contributed by atoms with Crippen LogP contribution >= 0.6 is 0 Å². The van der Waals surface area contributed by atoms with E-state index in [1.807, 2.05) is 54.6 Å². The molecule has 0 radical (unpaired) electrons. The summed E-state index contributed by atoms with van der Waals surface area (Å²) in [6.07, 6.45) is 1.05. The van der Waals surface area contributed by atoms with Crippen LogP contribution in [0.2, 0.25) is 0 Å². The number of tetrazole rings is 1. The third-order valence-corrected chi connectivity index (χ3v) is 4.65. The first-order valence-corrected chi connectivity index (χ1v) is 8.73. The Morgan fingerprint density at radius 3 is 2.77 bits per heavy atom. The molecular formula is C19H20N6O. The average molecular weight is 348 g/mol. The second kappa shape index (κ2) is 7.45. The lowest BCUT2D eigenvalue weighted by Gasteiger charge is -2.14. The number of nitrogens with one attached hydrogen (secondary N) is 2. The number of amides is 1. The average Bonchev–Trinajstić information content (AvgIpc) is 3.39. The lowest BCUT2D eigenvalue weighted by atomic mass is 9.93. The second-order valence-corrected chi connectivity index (χ2v) is 6.30. The smallest absolute Gasteiger partial charge is 0.251 e. The molecule has 0 unspecified atom stereocenters. The minimum Gasteiger partial charge on any atom is -0.345 e. The van der Waals surface area contributed by atoms with Crippen LogP contribution in [-0.4, -0.2) is 39.2 Å². The van der Waals surface area contributed by atoms with Crippen molar-refractivity contribution in [2.75, 3.05) is 13.1 Å². The Labute approximate surface area is 151 Å². The van der Waals surface area contributed by atoms with E-state index in [0.29, 0.717) is 11.7 Å². The number of aromatic nitrogens is 4. The Kier molecular flexibility index (Phi) is 4.70. The van der Waals surface area contributed by atoms with Gasteiger partial charge in [-0.15, -0.1) is 5.10 Å². The molecule has 0 bridgehead atoms. The van der Waals surface area contributed by atoms with Crippen LogP contribution in [0.3, 0.4) is 0 Å². The fourth-order valence-electron chi connectivity index (χ4n) is 3.32. The zero-order valence-corrected chi connectivity index (χ0v) is 14.3. The Morgan fingerprint density at radius 1 is 1.15 bits per heavy atom. The fraction of sp³-hybridized carbons (Fsp3) is 0.263. The van der Waals surface area contributed by atoms with Crippen molar-refractivity contribution in [2.24, 2.45) is 0 Å². The number of rotatable bonds is 5. The summed E-state index contributed by atoms with van der Waals surface area (Å²) in [7, 11) is 0. The first kappa shape index (κ1) is 16.4. The highest BCUT2D eigenvalue weighted by molar-refractivity contribution is 5.95. The molecule has 1 amide bonds. The molecule has 7 heteroatoms. The number of carbonyl (C=O) groups is 1. The molecule has 1 atom stereocenters. The summed E-state index contributed by atoms with van der Waals surface area (Å²) in [5.74, 6) is 0.867. The molecule has 1 fully saturated rings. The van der Waals surface area contributed by atoms with E-state index in [1.165, 1.54) is 0 Å². The maximum atomic E-state index is 12.8. The zero-order chi connectivity index (χ0) is 17.8. The minimum atomic E-state index is -0.102. The van der Waals surface area contributed by atoms with Crippen LogP contribution in [0, 0.1) is 0 Å². The molecular weight excluding hydrogens is 328 g/mol. The van der Waals surface area contributed by atoms with Crippen LogP contribution in [0.5, 0.6) is 0 Å². The van der Waals surface area contributed by atoms with E-state index in [4.69, 9.17) is 0 Å². The van der Waals surface area contributed by atoms with Crippen LogP contribution in [0.1, 0.15) is 34.1 Å². The summed E-state index contributed by atoms with van der Waals surface area (Å²) in [4.78, 5) is 12.8. The molecule has 0 saturated carbocycles. The summed E-state index contributed by atoms with van der Waals surface area (Å²) in [6, 6.07) is 17.4. The van der Waals surface area contributed by atoms with Gasteiger partial charge in [0, 0.05) is 12.1 Å². The largest absolute Gasteiger partial charge is 0.345 e. The van der Waals surface area contributed by atoms with Crippen molar-refractivity contribution < 1.29 is 4.79 Å².